The van der Waals surface area contributed by atoms with Gasteiger partial charge in [0, 0.05) is 18.2 Å². The van der Waals surface area contributed by atoms with Crippen LogP contribution in [0.4, 0.5) is 13.2 Å². The molecule has 0 unspecified atom stereocenters. The van der Waals surface area contributed by atoms with Crippen LogP contribution in [0.5, 0.6) is 0 Å². The average molecular weight is 283 g/mol. The number of nitrogens with one attached hydrogen (secondary N) is 2. The molecular weight excluding hydrogens is 267 g/mol. The van der Waals surface area contributed by atoms with E-state index in [0.29, 0.717) is 18.2 Å². The zero-order chi connectivity index (χ0) is 14.8. The first-order chi connectivity index (χ1) is 9.38. The van der Waals surface area contributed by atoms with Crippen molar-refractivity contribution in [3.8, 4) is 11.3 Å². The molecule has 20 heavy (non-hydrogen) atoms. The molecule has 2 rings (SSSR count). The number of alkyl halides is 3. The summed E-state index contributed by atoms with van der Waals surface area (Å²) in [5, 5.41) is 10.0. The highest BCUT2D eigenvalue weighted by Crippen LogP contribution is 2.31. The maximum absolute atomic E-state index is 12.5. The molecule has 1 aromatic carbocycles. The summed E-state index contributed by atoms with van der Waals surface area (Å²) in [6.45, 7) is 4.67. The number of hydrogen-bond donors (Lipinski definition) is 2. The van der Waals surface area contributed by atoms with E-state index < -0.39 is 11.7 Å². The number of H-pyrrole nitrogens is 1. The quantitative estimate of drug-likeness (QED) is 0.900. The second-order valence-electron chi connectivity index (χ2n) is 4.88. The third-order valence-electron chi connectivity index (χ3n) is 2.92. The van der Waals surface area contributed by atoms with Crippen molar-refractivity contribution in [2.75, 3.05) is 0 Å². The summed E-state index contributed by atoms with van der Waals surface area (Å²) >= 11 is 0. The van der Waals surface area contributed by atoms with E-state index in [1.807, 2.05) is 13.8 Å². The van der Waals surface area contributed by atoms with E-state index in [0.717, 1.165) is 23.4 Å². The first-order valence-electron chi connectivity index (χ1n) is 6.31. The zero-order valence-corrected chi connectivity index (χ0v) is 11.3. The van der Waals surface area contributed by atoms with Gasteiger partial charge in [0.25, 0.3) is 0 Å². The van der Waals surface area contributed by atoms with Crippen LogP contribution in [0.25, 0.3) is 11.3 Å². The highest BCUT2D eigenvalue weighted by Gasteiger charge is 2.30. The molecule has 0 aliphatic rings. The molecule has 0 saturated carbocycles. The molecule has 1 aromatic heterocycles. The molecule has 3 nitrogen and oxygen atoms in total. The third-order valence-corrected chi connectivity index (χ3v) is 2.92. The van der Waals surface area contributed by atoms with Gasteiger partial charge in [-0.05, 0) is 17.7 Å². The molecule has 2 N–H and O–H groups in total. The molecule has 0 atom stereocenters. The molecular formula is C14H16F3N3. The molecule has 0 spiro atoms. The maximum atomic E-state index is 12.5. The van der Waals surface area contributed by atoms with E-state index >= 15 is 0 Å². The van der Waals surface area contributed by atoms with Gasteiger partial charge >= 0.3 is 6.18 Å². The summed E-state index contributed by atoms with van der Waals surface area (Å²) in [6, 6.07) is 5.39. The first-order valence-corrected chi connectivity index (χ1v) is 6.31. The number of aromatic amines is 1. The van der Waals surface area contributed by atoms with Crippen molar-refractivity contribution in [3.63, 3.8) is 0 Å². The van der Waals surface area contributed by atoms with Gasteiger partial charge in [-0.15, -0.1) is 0 Å². The number of halogens is 3. The average Bonchev–Trinajstić information content (AvgIpc) is 2.83. The Hall–Kier alpha value is -1.82. The van der Waals surface area contributed by atoms with Crippen LogP contribution in [0.15, 0.2) is 30.5 Å². The molecule has 0 fully saturated rings. The zero-order valence-electron chi connectivity index (χ0n) is 11.3. The largest absolute Gasteiger partial charge is 0.416 e. The highest BCUT2D eigenvalue weighted by atomic mass is 19.4. The lowest BCUT2D eigenvalue weighted by atomic mass is 10.1. The van der Waals surface area contributed by atoms with E-state index in [1.165, 1.54) is 12.1 Å². The minimum absolute atomic E-state index is 0.324. The topological polar surface area (TPSA) is 40.7 Å². The number of nitrogens with zero attached hydrogens (tertiary/aromatic N) is 1. The molecule has 108 valence electrons. The van der Waals surface area contributed by atoms with Gasteiger partial charge in [-0.1, -0.05) is 26.0 Å². The summed E-state index contributed by atoms with van der Waals surface area (Å²) in [5.74, 6) is 0. The number of benzene rings is 1. The van der Waals surface area contributed by atoms with Crippen molar-refractivity contribution < 1.29 is 13.2 Å². The van der Waals surface area contributed by atoms with Crippen molar-refractivity contribution in [1.29, 1.82) is 0 Å². The summed E-state index contributed by atoms with van der Waals surface area (Å²) in [5.41, 5.74) is 1.71. The lowest BCUT2D eigenvalue weighted by molar-refractivity contribution is -0.137. The molecule has 0 radical (unpaired) electrons. The van der Waals surface area contributed by atoms with Gasteiger partial charge in [0.15, 0.2) is 0 Å². The predicted octanol–water partition coefficient (Wildman–Crippen LogP) is 3.59. The minimum Gasteiger partial charge on any atom is -0.310 e. The van der Waals surface area contributed by atoms with Crippen LogP contribution < -0.4 is 5.32 Å². The summed E-state index contributed by atoms with van der Waals surface area (Å²) < 4.78 is 37.6. The maximum Gasteiger partial charge on any atom is 0.416 e. The summed E-state index contributed by atoms with van der Waals surface area (Å²) in [7, 11) is 0. The Morgan fingerprint density at radius 1 is 1.20 bits per heavy atom. The van der Waals surface area contributed by atoms with Crippen LogP contribution >= 0.6 is 0 Å². The fourth-order valence-electron chi connectivity index (χ4n) is 1.84. The van der Waals surface area contributed by atoms with E-state index in [-0.39, 0.29) is 0 Å². The van der Waals surface area contributed by atoms with Crippen molar-refractivity contribution in [2.45, 2.75) is 32.6 Å². The van der Waals surface area contributed by atoms with Crippen LogP contribution in [-0.2, 0) is 12.7 Å². The standard InChI is InChI=1S/C14H16F3N3/c1-9(2)18-7-11-8-19-20-13(11)10-3-5-12(6-4-10)14(15,16)17/h3-6,8-9,18H,7H2,1-2H3,(H,19,20). The second-order valence-corrected chi connectivity index (χ2v) is 4.88. The second kappa shape index (κ2) is 5.66. The predicted molar refractivity (Wildman–Crippen MR) is 71.0 cm³/mol. The molecule has 0 saturated heterocycles. The number of hydrogen-bond acceptors (Lipinski definition) is 2. The Morgan fingerprint density at radius 3 is 2.40 bits per heavy atom. The normalized spacial score (nSPS) is 12.1. The van der Waals surface area contributed by atoms with Crippen molar-refractivity contribution >= 4 is 0 Å². The van der Waals surface area contributed by atoms with Crippen LogP contribution in [0.2, 0.25) is 0 Å². The molecule has 6 heteroatoms. The van der Waals surface area contributed by atoms with Gasteiger partial charge in [0.05, 0.1) is 17.5 Å². The van der Waals surface area contributed by atoms with E-state index in [4.69, 9.17) is 0 Å². The molecule has 0 bridgehead atoms. The van der Waals surface area contributed by atoms with Gasteiger partial charge in [-0.2, -0.15) is 18.3 Å². The molecule has 0 aliphatic carbocycles. The van der Waals surface area contributed by atoms with Crippen molar-refractivity contribution in [1.82, 2.24) is 15.5 Å². The fraction of sp³-hybridized carbons (Fsp3) is 0.357. The Kier molecular flexibility index (Phi) is 4.13. The fourth-order valence-corrected chi connectivity index (χ4v) is 1.84. The van der Waals surface area contributed by atoms with Crippen molar-refractivity contribution in [2.24, 2.45) is 0 Å². The molecule has 0 amide bonds. The molecule has 2 aromatic rings. The van der Waals surface area contributed by atoms with Crippen LogP contribution in [0.1, 0.15) is 25.0 Å². The monoisotopic (exact) mass is 283 g/mol. The van der Waals surface area contributed by atoms with Crippen LogP contribution in [-0.4, -0.2) is 16.2 Å². The van der Waals surface area contributed by atoms with Crippen LogP contribution in [0, 0.1) is 0 Å². The first kappa shape index (κ1) is 14.6. The van der Waals surface area contributed by atoms with Crippen molar-refractivity contribution in [3.05, 3.63) is 41.6 Å². The SMILES string of the molecule is CC(C)NCc1cn[nH]c1-c1ccc(C(F)(F)F)cc1. The Labute approximate surface area is 115 Å². The summed E-state index contributed by atoms with van der Waals surface area (Å²) in [4.78, 5) is 0. The Morgan fingerprint density at radius 2 is 1.85 bits per heavy atom. The Bertz CT molecular complexity index is 556. The molecule has 0 aliphatic heterocycles. The number of rotatable bonds is 4. The van der Waals surface area contributed by atoms with E-state index in [1.54, 1.807) is 6.20 Å². The van der Waals surface area contributed by atoms with E-state index in [2.05, 4.69) is 15.5 Å². The van der Waals surface area contributed by atoms with Gasteiger partial charge in [-0.3, -0.25) is 5.10 Å². The smallest absolute Gasteiger partial charge is 0.310 e. The highest BCUT2D eigenvalue weighted by molar-refractivity contribution is 5.63. The summed E-state index contributed by atoms with van der Waals surface area (Å²) in [6.07, 6.45) is -2.63. The van der Waals surface area contributed by atoms with E-state index in [9.17, 15) is 13.2 Å². The third kappa shape index (κ3) is 3.39. The lowest BCUT2D eigenvalue weighted by Crippen LogP contribution is -2.21. The molecule has 1 heterocycles. The lowest BCUT2D eigenvalue weighted by Gasteiger charge is -2.10. The Balaban J connectivity index is 2.22. The minimum atomic E-state index is -4.31. The van der Waals surface area contributed by atoms with Gasteiger partial charge < -0.3 is 5.32 Å². The van der Waals surface area contributed by atoms with Crippen LogP contribution in [0.3, 0.4) is 0 Å². The van der Waals surface area contributed by atoms with Gasteiger partial charge in [-0.25, -0.2) is 0 Å². The van der Waals surface area contributed by atoms with Gasteiger partial charge in [0.2, 0.25) is 0 Å². The number of aromatic nitrogens is 2. The van der Waals surface area contributed by atoms with Gasteiger partial charge in [0.1, 0.15) is 0 Å².